The van der Waals surface area contributed by atoms with E-state index < -0.39 is 0 Å². The van der Waals surface area contributed by atoms with Crippen LogP contribution in [0.5, 0.6) is 0 Å². The molecule has 1 aromatic carbocycles. The summed E-state index contributed by atoms with van der Waals surface area (Å²) in [6.45, 7) is 10.8. The smallest absolute Gasteiger partial charge is 0.191 e. The molecule has 0 radical (unpaired) electrons. The van der Waals surface area contributed by atoms with Crippen molar-refractivity contribution in [3.63, 3.8) is 0 Å². The zero-order valence-corrected chi connectivity index (χ0v) is 18.0. The van der Waals surface area contributed by atoms with E-state index in [4.69, 9.17) is 9.47 Å². The van der Waals surface area contributed by atoms with E-state index in [0.29, 0.717) is 19.8 Å². The van der Waals surface area contributed by atoms with Crippen molar-refractivity contribution in [2.75, 3.05) is 59.7 Å². The van der Waals surface area contributed by atoms with Crippen molar-refractivity contribution >= 4 is 5.96 Å². The zero-order valence-electron chi connectivity index (χ0n) is 18.0. The third kappa shape index (κ3) is 5.68. The molecule has 6 nitrogen and oxygen atoms in total. The molecule has 7 heteroatoms. The largest absolute Gasteiger partial charge is 0.381 e. The maximum atomic E-state index is 13.9. The number of aliphatic imine (C=N–C) groups is 1. The molecule has 2 aliphatic heterocycles. The van der Waals surface area contributed by atoms with E-state index in [1.807, 2.05) is 6.07 Å². The van der Waals surface area contributed by atoms with Gasteiger partial charge in [-0.1, -0.05) is 12.1 Å². The minimum atomic E-state index is -0.192. The highest BCUT2D eigenvalue weighted by atomic mass is 19.1. The fourth-order valence-corrected chi connectivity index (χ4v) is 4.20. The summed E-state index contributed by atoms with van der Waals surface area (Å²) in [5.74, 6) is 0.580. The van der Waals surface area contributed by atoms with Gasteiger partial charge in [0.1, 0.15) is 5.82 Å². The van der Waals surface area contributed by atoms with Crippen LogP contribution in [-0.2, 0) is 14.9 Å². The molecule has 2 N–H and O–H groups in total. The molecule has 0 amide bonds. The monoisotopic (exact) mass is 406 g/mol. The van der Waals surface area contributed by atoms with Crippen LogP contribution in [0.25, 0.3) is 0 Å². The minimum absolute atomic E-state index is 0.000322. The van der Waals surface area contributed by atoms with Gasteiger partial charge >= 0.3 is 0 Å². The summed E-state index contributed by atoms with van der Waals surface area (Å²) in [7, 11) is 1.79. The number of benzene rings is 1. The Bertz CT molecular complexity index is 683. The third-order valence-electron chi connectivity index (χ3n) is 6.26. The van der Waals surface area contributed by atoms with Gasteiger partial charge in [0.2, 0.25) is 0 Å². The molecule has 29 heavy (non-hydrogen) atoms. The predicted octanol–water partition coefficient (Wildman–Crippen LogP) is 2.15. The summed E-state index contributed by atoms with van der Waals surface area (Å²) in [5.41, 5.74) is 0.871. The van der Waals surface area contributed by atoms with E-state index in [1.165, 1.54) is 6.07 Å². The van der Waals surface area contributed by atoms with E-state index in [0.717, 1.165) is 57.2 Å². The van der Waals surface area contributed by atoms with Crippen molar-refractivity contribution in [1.29, 1.82) is 0 Å². The summed E-state index contributed by atoms with van der Waals surface area (Å²) in [6, 6.07) is 6.97. The van der Waals surface area contributed by atoms with Crippen LogP contribution in [-0.4, -0.2) is 76.1 Å². The summed E-state index contributed by atoms with van der Waals surface area (Å²) in [4.78, 5) is 6.86. The Morgan fingerprint density at radius 3 is 2.48 bits per heavy atom. The molecule has 0 unspecified atom stereocenters. The highest BCUT2D eigenvalue weighted by Crippen LogP contribution is 2.34. The van der Waals surface area contributed by atoms with Crippen LogP contribution in [0.4, 0.5) is 4.39 Å². The van der Waals surface area contributed by atoms with E-state index in [9.17, 15) is 4.39 Å². The molecular weight excluding hydrogens is 371 g/mol. The lowest BCUT2D eigenvalue weighted by molar-refractivity contribution is -0.00835. The van der Waals surface area contributed by atoms with Gasteiger partial charge < -0.3 is 20.1 Å². The van der Waals surface area contributed by atoms with Gasteiger partial charge in [-0.2, -0.15) is 0 Å². The number of guanidine groups is 1. The van der Waals surface area contributed by atoms with Gasteiger partial charge in [-0.15, -0.1) is 0 Å². The molecule has 2 heterocycles. The number of rotatable bonds is 6. The molecule has 0 bridgehead atoms. The lowest BCUT2D eigenvalue weighted by atomic mass is 9.74. The van der Waals surface area contributed by atoms with Crippen molar-refractivity contribution < 1.29 is 13.9 Å². The van der Waals surface area contributed by atoms with E-state index >= 15 is 0 Å². The highest BCUT2D eigenvalue weighted by molar-refractivity contribution is 5.79. The van der Waals surface area contributed by atoms with Crippen molar-refractivity contribution in [2.45, 2.75) is 37.6 Å². The Hall–Kier alpha value is -1.70. The second kappa shape index (κ2) is 9.87. The number of nitrogens with zero attached hydrogens (tertiary/aromatic N) is 2. The van der Waals surface area contributed by atoms with E-state index in [2.05, 4.69) is 34.4 Å². The summed E-state index contributed by atoms with van der Waals surface area (Å²) < 4.78 is 24.9. The van der Waals surface area contributed by atoms with Crippen LogP contribution in [0.1, 0.15) is 32.3 Å². The molecule has 0 aromatic heterocycles. The number of hydrogen-bond donors (Lipinski definition) is 2. The number of ether oxygens (including phenoxy) is 2. The summed E-state index contributed by atoms with van der Waals surface area (Å²) in [6.07, 6.45) is 1.72. The Kier molecular flexibility index (Phi) is 7.49. The fourth-order valence-electron chi connectivity index (χ4n) is 4.20. The zero-order chi connectivity index (χ0) is 20.7. The maximum absolute atomic E-state index is 13.9. The van der Waals surface area contributed by atoms with Gasteiger partial charge in [0, 0.05) is 57.4 Å². The Morgan fingerprint density at radius 2 is 1.83 bits per heavy atom. The van der Waals surface area contributed by atoms with Crippen LogP contribution in [0.15, 0.2) is 29.3 Å². The molecule has 3 rings (SSSR count). The fraction of sp³-hybridized carbons (Fsp3) is 0.682. The molecule has 2 aliphatic rings. The summed E-state index contributed by atoms with van der Waals surface area (Å²) in [5, 5.41) is 6.97. The normalized spacial score (nSPS) is 21.0. The van der Waals surface area contributed by atoms with E-state index in [-0.39, 0.29) is 16.8 Å². The number of hydrogen-bond acceptors (Lipinski definition) is 4. The highest BCUT2D eigenvalue weighted by Gasteiger charge is 2.35. The molecule has 0 spiro atoms. The number of morpholine rings is 1. The molecule has 162 valence electrons. The van der Waals surface area contributed by atoms with Crippen LogP contribution in [0.3, 0.4) is 0 Å². The van der Waals surface area contributed by atoms with Crippen LogP contribution in [0.2, 0.25) is 0 Å². The lowest BCUT2D eigenvalue weighted by Gasteiger charge is -2.41. The van der Waals surface area contributed by atoms with Crippen LogP contribution < -0.4 is 10.6 Å². The molecule has 2 saturated heterocycles. The first-order valence-corrected chi connectivity index (χ1v) is 10.6. The second-order valence-corrected chi connectivity index (χ2v) is 8.59. The van der Waals surface area contributed by atoms with Gasteiger partial charge in [-0.25, -0.2) is 4.39 Å². The molecule has 2 fully saturated rings. The van der Waals surface area contributed by atoms with Gasteiger partial charge in [0.25, 0.3) is 0 Å². The standard InChI is InChI=1S/C22H35FN4O2/c1-21(2,27-9-13-29-14-10-27)16-25-20(24-3)26-17-22(7-11-28-12-8-22)18-5-4-6-19(23)15-18/h4-6,15H,7-14,16-17H2,1-3H3,(H2,24,25,26). The number of nitrogens with one attached hydrogen (secondary N) is 2. The van der Waals surface area contributed by atoms with Gasteiger partial charge in [0.15, 0.2) is 5.96 Å². The first kappa shape index (κ1) is 22.0. The number of halogens is 1. The van der Waals surface area contributed by atoms with Crippen molar-refractivity contribution in [1.82, 2.24) is 15.5 Å². The van der Waals surface area contributed by atoms with E-state index in [1.54, 1.807) is 19.2 Å². The third-order valence-corrected chi connectivity index (χ3v) is 6.26. The first-order chi connectivity index (χ1) is 14.0. The molecule has 1 aromatic rings. The Morgan fingerprint density at radius 1 is 1.14 bits per heavy atom. The molecule has 0 saturated carbocycles. The van der Waals surface area contributed by atoms with Gasteiger partial charge in [-0.05, 0) is 44.4 Å². The average Bonchev–Trinajstić information content (AvgIpc) is 2.75. The topological polar surface area (TPSA) is 58.1 Å². The first-order valence-electron chi connectivity index (χ1n) is 10.6. The van der Waals surface area contributed by atoms with Crippen molar-refractivity contribution in [3.05, 3.63) is 35.6 Å². The molecule has 0 atom stereocenters. The van der Waals surface area contributed by atoms with Gasteiger partial charge in [0.05, 0.1) is 13.2 Å². The summed E-state index contributed by atoms with van der Waals surface area (Å²) >= 11 is 0. The van der Waals surface area contributed by atoms with Gasteiger partial charge in [-0.3, -0.25) is 9.89 Å². The lowest BCUT2D eigenvalue weighted by Crippen LogP contribution is -2.57. The quantitative estimate of drug-likeness (QED) is 0.560. The predicted molar refractivity (Wildman–Crippen MR) is 114 cm³/mol. The Labute approximate surface area is 173 Å². The molecular formula is C22H35FN4O2. The Balaban J connectivity index is 1.62. The minimum Gasteiger partial charge on any atom is -0.381 e. The van der Waals surface area contributed by atoms with Crippen LogP contribution >= 0.6 is 0 Å². The SMILES string of the molecule is CN=C(NCC1(c2cccc(F)c2)CCOCC1)NCC(C)(C)N1CCOCC1. The second-order valence-electron chi connectivity index (χ2n) is 8.59. The average molecular weight is 407 g/mol. The maximum Gasteiger partial charge on any atom is 0.191 e. The molecule has 0 aliphatic carbocycles. The van der Waals surface area contributed by atoms with Crippen LogP contribution in [0, 0.1) is 5.82 Å². The van der Waals surface area contributed by atoms with Crippen molar-refractivity contribution in [2.24, 2.45) is 4.99 Å². The van der Waals surface area contributed by atoms with Crippen molar-refractivity contribution in [3.8, 4) is 0 Å².